The molecule has 0 aromatic carbocycles. The topological polar surface area (TPSA) is 58.1 Å². The van der Waals surface area contributed by atoms with Crippen LogP contribution < -0.4 is 10.2 Å². The molecule has 3 atom stereocenters. The van der Waals surface area contributed by atoms with Gasteiger partial charge in [0.2, 0.25) is 11.9 Å². The number of hydrogen-bond donors (Lipinski definition) is 1. The number of allylic oxidation sites excluding steroid dienone is 2. The van der Waals surface area contributed by atoms with Gasteiger partial charge in [-0.1, -0.05) is 12.2 Å². The van der Waals surface area contributed by atoms with Crippen molar-refractivity contribution >= 4 is 17.7 Å². The lowest BCUT2D eigenvalue weighted by atomic mass is 9.93. The highest BCUT2D eigenvalue weighted by Crippen LogP contribution is 2.43. The summed E-state index contributed by atoms with van der Waals surface area (Å²) in [6, 6.07) is 1.73. The summed E-state index contributed by atoms with van der Waals surface area (Å²) in [6.45, 7) is 0. The van der Waals surface area contributed by atoms with Crippen molar-refractivity contribution in [3.63, 3.8) is 0 Å². The highest BCUT2D eigenvalue weighted by atomic mass is 16.2. The molecule has 5 heteroatoms. The number of aromatic nitrogens is 2. The van der Waals surface area contributed by atoms with E-state index >= 15 is 0 Å². The molecule has 100 valence electrons. The number of carbonyl (C=O) groups is 1. The first-order chi connectivity index (χ1) is 9.13. The molecule has 3 rings (SSSR count). The van der Waals surface area contributed by atoms with Gasteiger partial charge in [-0.05, 0) is 30.7 Å². The third-order valence-electron chi connectivity index (χ3n) is 3.91. The Kier molecular flexibility index (Phi) is 2.97. The van der Waals surface area contributed by atoms with E-state index in [1.54, 1.807) is 12.3 Å². The summed E-state index contributed by atoms with van der Waals surface area (Å²) in [5, 5.41) is 2.91. The van der Waals surface area contributed by atoms with Crippen LogP contribution in [0.15, 0.2) is 24.4 Å². The molecule has 1 aromatic rings. The van der Waals surface area contributed by atoms with Gasteiger partial charge in [-0.3, -0.25) is 4.79 Å². The Labute approximate surface area is 112 Å². The Morgan fingerprint density at radius 3 is 2.84 bits per heavy atom. The molecule has 0 aliphatic heterocycles. The maximum Gasteiger partial charge on any atom is 0.229 e. The molecular formula is C14H18N4O. The Hall–Kier alpha value is -1.91. The van der Waals surface area contributed by atoms with Gasteiger partial charge in [0.15, 0.2) is 0 Å². The van der Waals surface area contributed by atoms with Crippen LogP contribution >= 0.6 is 0 Å². The van der Waals surface area contributed by atoms with Crippen LogP contribution in [0.25, 0.3) is 0 Å². The number of anilines is 2. The van der Waals surface area contributed by atoms with Gasteiger partial charge >= 0.3 is 0 Å². The van der Waals surface area contributed by atoms with Gasteiger partial charge in [-0.2, -0.15) is 4.98 Å². The summed E-state index contributed by atoms with van der Waals surface area (Å²) < 4.78 is 0. The monoisotopic (exact) mass is 258 g/mol. The Balaban J connectivity index is 1.70. The maximum atomic E-state index is 12.3. The Bertz CT molecular complexity index is 526. The fraction of sp³-hybridized carbons (Fsp3) is 0.500. The molecule has 1 heterocycles. The van der Waals surface area contributed by atoms with Gasteiger partial charge in [0.05, 0.1) is 0 Å². The minimum Gasteiger partial charge on any atom is -0.347 e. The van der Waals surface area contributed by atoms with E-state index in [1.807, 2.05) is 19.0 Å². The molecule has 0 radical (unpaired) electrons. The van der Waals surface area contributed by atoms with Crippen molar-refractivity contribution in [2.24, 2.45) is 17.8 Å². The minimum absolute atomic E-state index is 0.0836. The van der Waals surface area contributed by atoms with Gasteiger partial charge < -0.3 is 10.2 Å². The largest absolute Gasteiger partial charge is 0.347 e. The van der Waals surface area contributed by atoms with Crippen LogP contribution in [-0.2, 0) is 4.79 Å². The molecule has 2 aliphatic rings. The number of fused-ring (bicyclic) bond motifs is 2. The zero-order valence-corrected chi connectivity index (χ0v) is 11.2. The Morgan fingerprint density at radius 1 is 1.37 bits per heavy atom. The second kappa shape index (κ2) is 4.64. The number of rotatable bonds is 3. The average molecular weight is 258 g/mol. The lowest BCUT2D eigenvalue weighted by molar-refractivity contribution is -0.120. The van der Waals surface area contributed by atoms with E-state index < -0.39 is 0 Å². The molecule has 2 bridgehead atoms. The molecule has 1 saturated carbocycles. The number of carbonyl (C=O) groups excluding carboxylic acids is 1. The summed E-state index contributed by atoms with van der Waals surface area (Å²) >= 11 is 0. The summed E-state index contributed by atoms with van der Waals surface area (Å²) in [5.41, 5.74) is 0. The molecule has 0 spiro atoms. The zero-order valence-electron chi connectivity index (χ0n) is 11.2. The van der Waals surface area contributed by atoms with Gasteiger partial charge in [0.25, 0.3) is 0 Å². The molecule has 3 unspecified atom stereocenters. The first-order valence-corrected chi connectivity index (χ1v) is 6.63. The van der Waals surface area contributed by atoms with E-state index in [0.29, 0.717) is 23.6 Å². The lowest BCUT2D eigenvalue weighted by Gasteiger charge is -2.17. The number of nitrogens with one attached hydrogen (secondary N) is 1. The van der Waals surface area contributed by atoms with Gasteiger partial charge in [-0.25, -0.2) is 4.98 Å². The van der Waals surface area contributed by atoms with Crippen LogP contribution in [0.4, 0.5) is 11.8 Å². The second-order valence-corrected chi connectivity index (χ2v) is 5.51. The molecule has 5 nitrogen and oxygen atoms in total. The smallest absolute Gasteiger partial charge is 0.229 e. The van der Waals surface area contributed by atoms with Crippen molar-refractivity contribution in [2.45, 2.75) is 12.8 Å². The van der Waals surface area contributed by atoms with Crippen LogP contribution in [0.1, 0.15) is 12.8 Å². The standard InChI is InChI=1S/C14H18N4O/c1-18(2)14-15-6-5-12(17-14)16-13(19)11-8-9-3-4-10(11)7-9/h3-6,9-11H,7-8H2,1-2H3,(H,15,16,17,19). The van der Waals surface area contributed by atoms with E-state index in [4.69, 9.17) is 0 Å². The van der Waals surface area contributed by atoms with Crippen molar-refractivity contribution in [1.29, 1.82) is 0 Å². The number of hydrogen-bond acceptors (Lipinski definition) is 4. The molecule has 1 amide bonds. The third-order valence-corrected chi connectivity index (χ3v) is 3.91. The first kappa shape index (κ1) is 12.1. The van der Waals surface area contributed by atoms with Crippen molar-refractivity contribution in [2.75, 3.05) is 24.3 Å². The summed E-state index contributed by atoms with van der Waals surface area (Å²) in [7, 11) is 3.75. The SMILES string of the molecule is CN(C)c1nccc(NC(=O)C2CC3C=CC2C3)n1. The summed E-state index contributed by atoms with van der Waals surface area (Å²) in [6.07, 6.45) is 8.19. The quantitative estimate of drug-likeness (QED) is 0.838. The number of nitrogens with zero attached hydrogens (tertiary/aromatic N) is 3. The maximum absolute atomic E-state index is 12.3. The van der Waals surface area contributed by atoms with Crippen LogP contribution in [0.2, 0.25) is 0 Å². The van der Waals surface area contributed by atoms with Crippen LogP contribution in [0.5, 0.6) is 0 Å². The average Bonchev–Trinajstić information content (AvgIpc) is 3.01. The zero-order chi connectivity index (χ0) is 13.4. The van der Waals surface area contributed by atoms with E-state index in [0.717, 1.165) is 12.8 Å². The minimum atomic E-state index is 0.0836. The van der Waals surface area contributed by atoms with Gasteiger partial charge in [0, 0.05) is 26.2 Å². The molecule has 1 aromatic heterocycles. The fourth-order valence-electron chi connectivity index (χ4n) is 2.93. The molecule has 1 N–H and O–H groups in total. The highest BCUT2D eigenvalue weighted by Gasteiger charge is 2.39. The third kappa shape index (κ3) is 2.32. The van der Waals surface area contributed by atoms with Crippen molar-refractivity contribution in [1.82, 2.24) is 9.97 Å². The highest BCUT2D eigenvalue weighted by molar-refractivity contribution is 5.92. The second-order valence-electron chi connectivity index (χ2n) is 5.51. The molecule has 1 fully saturated rings. The molecule has 19 heavy (non-hydrogen) atoms. The van der Waals surface area contributed by atoms with Gasteiger partial charge in [-0.15, -0.1) is 0 Å². The predicted octanol–water partition coefficient (Wildman–Crippen LogP) is 1.69. The lowest BCUT2D eigenvalue weighted by Crippen LogP contribution is -2.26. The van der Waals surface area contributed by atoms with Crippen LogP contribution in [0.3, 0.4) is 0 Å². The number of amides is 1. The van der Waals surface area contributed by atoms with Crippen LogP contribution in [0, 0.1) is 17.8 Å². The van der Waals surface area contributed by atoms with E-state index in [-0.39, 0.29) is 11.8 Å². The van der Waals surface area contributed by atoms with Crippen molar-refractivity contribution in [3.8, 4) is 0 Å². The summed E-state index contributed by atoms with van der Waals surface area (Å²) in [4.78, 5) is 22.5. The first-order valence-electron chi connectivity index (χ1n) is 6.63. The van der Waals surface area contributed by atoms with Crippen molar-refractivity contribution < 1.29 is 4.79 Å². The fourth-order valence-corrected chi connectivity index (χ4v) is 2.93. The van der Waals surface area contributed by atoms with E-state index in [9.17, 15) is 4.79 Å². The molecule has 0 saturated heterocycles. The summed E-state index contributed by atoms with van der Waals surface area (Å²) in [5.74, 6) is 2.39. The molecular weight excluding hydrogens is 240 g/mol. The van der Waals surface area contributed by atoms with E-state index in [1.165, 1.54) is 0 Å². The normalized spacial score (nSPS) is 27.6. The van der Waals surface area contributed by atoms with Crippen molar-refractivity contribution in [3.05, 3.63) is 24.4 Å². The predicted molar refractivity (Wildman–Crippen MR) is 73.8 cm³/mol. The van der Waals surface area contributed by atoms with Crippen LogP contribution in [-0.4, -0.2) is 30.0 Å². The van der Waals surface area contributed by atoms with E-state index in [2.05, 4.69) is 27.4 Å². The molecule has 2 aliphatic carbocycles. The Morgan fingerprint density at radius 2 is 2.21 bits per heavy atom. The van der Waals surface area contributed by atoms with Gasteiger partial charge in [0.1, 0.15) is 5.82 Å².